The minimum absolute atomic E-state index is 0.196. The first-order valence-corrected chi connectivity index (χ1v) is 7.45. The number of unbranched alkanes of at least 4 members (excludes halogenated alkanes) is 1. The Kier molecular flexibility index (Phi) is 7.28. The van der Waals surface area contributed by atoms with Crippen molar-refractivity contribution < 1.29 is 0 Å². The monoisotopic (exact) mass is 273 g/mol. The molecular formula is C17H27N3. The second-order valence-electron chi connectivity index (χ2n) is 6.00. The minimum Gasteiger partial charge on any atom is -0.329 e. The Morgan fingerprint density at radius 3 is 2.45 bits per heavy atom. The highest BCUT2D eigenvalue weighted by Gasteiger charge is 2.15. The first-order chi connectivity index (χ1) is 9.57. The smallest absolute Gasteiger partial charge is 0.0683 e. The molecular weight excluding hydrogens is 246 g/mol. The molecule has 0 spiro atoms. The first kappa shape index (κ1) is 16.7. The highest BCUT2D eigenvalue weighted by molar-refractivity contribution is 5.14. The molecule has 20 heavy (non-hydrogen) atoms. The van der Waals surface area contributed by atoms with Gasteiger partial charge in [0.25, 0.3) is 0 Å². The quantitative estimate of drug-likeness (QED) is 0.703. The first-order valence-electron chi connectivity index (χ1n) is 7.45. The Morgan fingerprint density at radius 1 is 1.15 bits per heavy atom. The van der Waals surface area contributed by atoms with Crippen molar-refractivity contribution in [1.29, 1.82) is 5.26 Å². The molecule has 0 radical (unpaired) electrons. The van der Waals surface area contributed by atoms with Crippen LogP contribution in [0.1, 0.15) is 38.7 Å². The summed E-state index contributed by atoms with van der Waals surface area (Å²) in [7, 11) is 0. The summed E-state index contributed by atoms with van der Waals surface area (Å²) in [4.78, 5) is 2.40. The van der Waals surface area contributed by atoms with Crippen molar-refractivity contribution in [1.82, 2.24) is 4.90 Å². The summed E-state index contributed by atoms with van der Waals surface area (Å²) in [6, 6.07) is 12.9. The molecule has 0 bridgehead atoms. The van der Waals surface area contributed by atoms with Gasteiger partial charge in [-0.25, -0.2) is 0 Å². The molecule has 0 aliphatic rings. The summed E-state index contributed by atoms with van der Waals surface area (Å²) >= 11 is 0. The van der Waals surface area contributed by atoms with E-state index in [2.05, 4.69) is 35.2 Å². The van der Waals surface area contributed by atoms with Gasteiger partial charge in [0.05, 0.1) is 11.5 Å². The molecule has 0 atom stereocenters. The molecule has 2 N–H and O–H groups in total. The predicted octanol–water partition coefficient (Wildman–Crippen LogP) is 3.17. The summed E-state index contributed by atoms with van der Waals surface area (Å²) in [5.74, 6) is 0. The van der Waals surface area contributed by atoms with E-state index in [1.807, 2.05) is 19.9 Å². The van der Waals surface area contributed by atoms with Crippen LogP contribution in [-0.2, 0) is 6.54 Å². The van der Waals surface area contributed by atoms with Gasteiger partial charge < -0.3 is 5.73 Å². The molecule has 0 aromatic heterocycles. The standard InChI is InChI=1S/C17H27N3/c1-17(2,15-19)10-6-7-12-20(13-11-18)14-16-8-4-3-5-9-16/h3-5,8-9H,6-7,10-14,18H2,1-2H3. The van der Waals surface area contributed by atoms with E-state index in [4.69, 9.17) is 11.0 Å². The average molecular weight is 273 g/mol. The van der Waals surface area contributed by atoms with E-state index in [-0.39, 0.29) is 5.41 Å². The summed E-state index contributed by atoms with van der Waals surface area (Å²) in [6.07, 6.45) is 3.18. The largest absolute Gasteiger partial charge is 0.329 e. The van der Waals surface area contributed by atoms with Crippen LogP contribution in [0.3, 0.4) is 0 Å². The number of hydrogen-bond donors (Lipinski definition) is 1. The van der Waals surface area contributed by atoms with Gasteiger partial charge in [0, 0.05) is 19.6 Å². The third kappa shape index (κ3) is 6.70. The van der Waals surface area contributed by atoms with Gasteiger partial charge in [0.15, 0.2) is 0 Å². The van der Waals surface area contributed by atoms with Crippen LogP contribution in [0.2, 0.25) is 0 Å². The van der Waals surface area contributed by atoms with Crippen molar-refractivity contribution in [2.75, 3.05) is 19.6 Å². The Labute approximate surface area is 123 Å². The van der Waals surface area contributed by atoms with Crippen LogP contribution >= 0.6 is 0 Å². The lowest BCUT2D eigenvalue weighted by atomic mass is 9.89. The fourth-order valence-electron chi connectivity index (χ4n) is 2.25. The summed E-state index contributed by atoms with van der Waals surface area (Å²) in [5, 5.41) is 9.00. The van der Waals surface area contributed by atoms with Crippen LogP contribution < -0.4 is 5.73 Å². The summed E-state index contributed by atoms with van der Waals surface area (Å²) in [5.41, 5.74) is 6.83. The lowest BCUT2D eigenvalue weighted by Gasteiger charge is -2.22. The van der Waals surface area contributed by atoms with E-state index >= 15 is 0 Å². The number of rotatable bonds is 9. The highest BCUT2D eigenvalue weighted by atomic mass is 15.1. The Bertz CT molecular complexity index is 406. The Balaban J connectivity index is 2.35. The van der Waals surface area contributed by atoms with Gasteiger partial charge >= 0.3 is 0 Å². The van der Waals surface area contributed by atoms with Crippen molar-refractivity contribution in [3.05, 3.63) is 35.9 Å². The zero-order valence-electron chi connectivity index (χ0n) is 12.8. The normalized spacial score (nSPS) is 11.6. The van der Waals surface area contributed by atoms with Gasteiger partial charge in [-0.15, -0.1) is 0 Å². The van der Waals surface area contributed by atoms with Crippen molar-refractivity contribution in [2.45, 2.75) is 39.7 Å². The van der Waals surface area contributed by atoms with E-state index in [1.54, 1.807) is 0 Å². The third-order valence-corrected chi connectivity index (χ3v) is 3.52. The van der Waals surface area contributed by atoms with Gasteiger partial charge in [-0.2, -0.15) is 5.26 Å². The average Bonchev–Trinajstić information content (AvgIpc) is 2.45. The molecule has 0 unspecified atom stereocenters. The van der Waals surface area contributed by atoms with Crippen molar-refractivity contribution in [3.63, 3.8) is 0 Å². The van der Waals surface area contributed by atoms with Gasteiger partial charge in [-0.3, -0.25) is 4.90 Å². The second kappa shape index (κ2) is 8.73. The van der Waals surface area contributed by atoms with Crippen LogP contribution in [0.5, 0.6) is 0 Å². The maximum absolute atomic E-state index is 9.00. The molecule has 0 aliphatic carbocycles. The summed E-state index contributed by atoms with van der Waals surface area (Å²) in [6.45, 7) is 7.64. The summed E-state index contributed by atoms with van der Waals surface area (Å²) < 4.78 is 0. The number of benzene rings is 1. The van der Waals surface area contributed by atoms with Crippen LogP contribution in [0.25, 0.3) is 0 Å². The van der Waals surface area contributed by atoms with E-state index in [0.717, 1.165) is 38.9 Å². The van der Waals surface area contributed by atoms with E-state index in [9.17, 15) is 0 Å². The Hall–Kier alpha value is -1.37. The number of nitrogens with two attached hydrogens (primary N) is 1. The minimum atomic E-state index is -0.196. The predicted molar refractivity (Wildman–Crippen MR) is 84.0 cm³/mol. The zero-order valence-corrected chi connectivity index (χ0v) is 12.8. The lowest BCUT2D eigenvalue weighted by Crippen LogP contribution is -2.30. The van der Waals surface area contributed by atoms with E-state index < -0.39 is 0 Å². The fourth-order valence-corrected chi connectivity index (χ4v) is 2.25. The topological polar surface area (TPSA) is 53.0 Å². The van der Waals surface area contributed by atoms with Gasteiger partial charge in [-0.1, -0.05) is 36.8 Å². The lowest BCUT2D eigenvalue weighted by molar-refractivity contribution is 0.261. The van der Waals surface area contributed by atoms with Crippen molar-refractivity contribution >= 4 is 0 Å². The number of nitrogens with zero attached hydrogens (tertiary/aromatic N) is 2. The molecule has 0 aliphatic heterocycles. The molecule has 0 amide bonds. The van der Waals surface area contributed by atoms with Crippen molar-refractivity contribution in [3.8, 4) is 6.07 Å². The molecule has 1 aromatic carbocycles. The highest BCUT2D eigenvalue weighted by Crippen LogP contribution is 2.21. The van der Waals surface area contributed by atoms with Gasteiger partial charge in [0.2, 0.25) is 0 Å². The van der Waals surface area contributed by atoms with Crippen molar-refractivity contribution in [2.24, 2.45) is 11.1 Å². The van der Waals surface area contributed by atoms with Crippen LogP contribution in [-0.4, -0.2) is 24.5 Å². The molecule has 0 heterocycles. The Morgan fingerprint density at radius 2 is 1.85 bits per heavy atom. The van der Waals surface area contributed by atoms with Crippen LogP contribution in [0, 0.1) is 16.7 Å². The van der Waals surface area contributed by atoms with Crippen LogP contribution in [0.15, 0.2) is 30.3 Å². The van der Waals surface area contributed by atoms with Crippen LogP contribution in [0.4, 0.5) is 0 Å². The number of nitriles is 1. The van der Waals surface area contributed by atoms with E-state index in [0.29, 0.717) is 6.54 Å². The maximum atomic E-state index is 9.00. The second-order valence-corrected chi connectivity index (χ2v) is 6.00. The maximum Gasteiger partial charge on any atom is 0.0683 e. The molecule has 1 rings (SSSR count). The fraction of sp³-hybridized carbons (Fsp3) is 0.588. The molecule has 0 saturated heterocycles. The van der Waals surface area contributed by atoms with Gasteiger partial charge in [0.1, 0.15) is 0 Å². The molecule has 3 heteroatoms. The molecule has 1 aromatic rings. The molecule has 110 valence electrons. The number of hydrogen-bond acceptors (Lipinski definition) is 3. The molecule has 0 saturated carbocycles. The SMILES string of the molecule is CC(C)(C#N)CCCCN(CCN)Cc1ccccc1. The molecule has 3 nitrogen and oxygen atoms in total. The zero-order chi connectivity index (χ0) is 14.8. The third-order valence-electron chi connectivity index (χ3n) is 3.52. The van der Waals surface area contributed by atoms with Gasteiger partial charge in [-0.05, 0) is 38.8 Å². The van der Waals surface area contributed by atoms with E-state index in [1.165, 1.54) is 5.56 Å². The molecule has 0 fully saturated rings.